The largest absolute Gasteiger partial charge is 0.377 e. The van der Waals surface area contributed by atoms with Crippen LogP contribution in [-0.4, -0.2) is 69.6 Å². The van der Waals surface area contributed by atoms with Crippen LogP contribution in [0.25, 0.3) is 0 Å². The van der Waals surface area contributed by atoms with E-state index >= 15 is 0 Å². The number of amides is 1. The first-order valence-corrected chi connectivity index (χ1v) is 8.51. The summed E-state index contributed by atoms with van der Waals surface area (Å²) >= 11 is 0. The maximum atomic E-state index is 12.2. The second kappa shape index (κ2) is 6.19. The highest BCUT2D eigenvalue weighted by Gasteiger charge is 2.34. The lowest BCUT2D eigenvalue weighted by atomic mass is 10.1. The zero-order valence-corrected chi connectivity index (χ0v) is 12.1. The summed E-state index contributed by atoms with van der Waals surface area (Å²) in [4.78, 5) is 13.9. The molecule has 7 heteroatoms. The smallest absolute Gasteiger partial charge is 0.242 e. The molecule has 2 fully saturated rings. The van der Waals surface area contributed by atoms with Gasteiger partial charge in [0.1, 0.15) is 6.04 Å². The highest BCUT2D eigenvalue weighted by atomic mass is 32.2. The van der Waals surface area contributed by atoms with Gasteiger partial charge in [-0.15, -0.1) is 0 Å². The van der Waals surface area contributed by atoms with E-state index in [4.69, 9.17) is 4.74 Å². The van der Waals surface area contributed by atoms with Gasteiger partial charge in [0.05, 0.1) is 24.2 Å². The Kier molecular flexibility index (Phi) is 4.81. The molecule has 6 nitrogen and oxygen atoms in total. The van der Waals surface area contributed by atoms with Gasteiger partial charge in [0.15, 0.2) is 9.84 Å². The highest BCUT2D eigenvalue weighted by Crippen LogP contribution is 2.21. The molecule has 2 aliphatic rings. The van der Waals surface area contributed by atoms with Gasteiger partial charge in [-0.3, -0.25) is 4.79 Å². The van der Waals surface area contributed by atoms with Crippen molar-refractivity contribution in [1.82, 2.24) is 10.2 Å². The molecule has 2 aliphatic heterocycles. The number of nitrogens with zero attached hydrogens (tertiary/aromatic N) is 1. The number of hydrogen-bond donors (Lipinski definition) is 1. The third-order valence-electron chi connectivity index (χ3n) is 3.89. The van der Waals surface area contributed by atoms with Crippen LogP contribution in [0.5, 0.6) is 0 Å². The van der Waals surface area contributed by atoms with Crippen LogP contribution in [0.15, 0.2) is 0 Å². The summed E-state index contributed by atoms with van der Waals surface area (Å²) in [6.45, 7) is 1.60. The molecule has 19 heavy (non-hydrogen) atoms. The first-order chi connectivity index (χ1) is 9.04. The van der Waals surface area contributed by atoms with Crippen molar-refractivity contribution in [2.75, 3.05) is 39.1 Å². The Bertz CT molecular complexity index is 423. The van der Waals surface area contributed by atoms with Crippen LogP contribution in [-0.2, 0) is 19.4 Å². The first kappa shape index (κ1) is 14.7. The molecule has 110 valence electrons. The van der Waals surface area contributed by atoms with Gasteiger partial charge in [0, 0.05) is 13.1 Å². The van der Waals surface area contributed by atoms with Gasteiger partial charge in [-0.1, -0.05) is 6.42 Å². The topological polar surface area (TPSA) is 75.7 Å². The second-order valence-corrected chi connectivity index (χ2v) is 7.59. The summed E-state index contributed by atoms with van der Waals surface area (Å²) in [7, 11) is -1.32. The summed E-state index contributed by atoms with van der Waals surface area (Å²) in [6.07, 6.45) is 2.34. The molecule has 0 bridgehead atoms. The Morgan fingerprint density at radius 2 is 2.21 bits per heavy atom. The van der Waals surface area contributed by atoms with E-state index in [2.05, 4.69) is 5.32 Å². The van der Waals surface area contributed by atoms with Crippen LogP contribution in [0, 0.1) is 0 Å². The minimum absolute atomic E-state index is 0.0548. The van der Waals surface area contributed by atoms with Crippen LogP contribution >= 0.6 is 0 Å². The zero-order valence-electron chi connectivity index (χ0n) is 11.3. The van der Waals surface area contributed by atoms with E-state index in [0.29, 0.717) is 32.7 Å². The molecule has 0 aliphatic carbocycles. The molecule has 1 N–H and O–H groups in total. The third-order valence-corrected chi connectivity index (χ3v) is 6.14. The van der Waals surface area contributed by atoms with Gasteiger partial charge in [-0.05, 0) is 19.9 Å². The fourth-order valence-electron chi connectivity index (χ4n) is 2.64. The summed E-state index contributed by atoms with van der Waals surface area (Å²) in [6, 6.07) is -0.367. The molecule has 0 radical (unpaired) electrons. The Morgan fingerprint density at radius 3 is 2.89 bits per heavy atom. The molecular weight excluding hydrogens is 268 g/mol. The molecule has 2 saturated heterocycles. The Labute approximate surface area is 114 Å². The van der Waals surface area contributed by atoms with Crippen molar-refractivity contribution >= 4 is 15.7 Å². The number of nitrogens with one attached hydrogen (secondary N) is 1. The molecule has 0 aromatic carbocycles. The molecule has 0 spiro atoms. The summed E-state index contributed by atoms with van der Waals surface area (Å²) < 4.78 is 29.4. The summed E-state index contributed by atoms with van der Waals surface area (Å²) in [5.41, 5.74) is 0. The van der Waals surface area contributed by atoms with E-state index in [1.807, 2.05) is 0 Å². The normalized spacial score (nSPS) is 32.1. The van der Waals surface area contributed by atoms with Crippen LogP contribution in [0.1, 0.15) is 19.3 Å². The van der Waals surface area contributed by atoms with Crippen LogP contribution < -0.4 is 5.32 Å². The lowest BCUT2D eigenvalue weighted by Gasteiger charge is -2.29. The number of rotatable bonds is 3. The first-order valence-electron chi connectivity index (χ1n) is 6.80. The van der Waals surface area contributed by atoms with E-state index in [-0.39, 0.29) is 17.7 Å². The van der Waals surface area contributed by atoms with Crippen LogP contribution in [0.3, 0.4) is 0 Å². The lowest BCUT2D eigenvalue weighted by molar-refractivity contribution is -0.132. The molecule has 1 amide bonds. The summed E-state index contributed by atoms with van der Waals surface area (Å²) in [5, 5.41) is 2.51. The van der Waals surface area contributed by atoms with E-state index in [0.717, 1.165) is 12.8 Å². The van der Waals surface area contributed by atoms with E-state index in [1.165, 1.54) is 0 Å². The average molecular weight is 290 g/mol. The van der Waals surface area contributed by atoms with E-state index in [1.54, 1.807) is 11.9 Å². The highest BCUT2D eigenvalue weighted by molar-refractivity contribution is 7.92. The molecule has 2 rings (SSSR count). The van der Waals surface area contributed by atoms with Crippen LogP contribution in [0.2, 0.25) is 0 Å². The van der Waals surface area contributed by atoms with Gasteiger partial charge >= 0.3 is 0 Å². The van der Waals surface area contributed by atoms with Gasteiger partial charge in [0.25, 0.3) is 0 Å². The van der Waals surface area contributed by atoms with Crippen molar-refractivity contribution in [2.24, 2.45) is 0 Å². The van der Waals surface area contributed by atoms with Crippen LogP contribution in [0.4, 0.5) is 0 Å². The molecule has 2 atom stereocenters. The molecule has 2 unspecified atom stereocenters. The number of carbonyl (C=O) groups excluding carboxylic acids is 1. The Hall–Kier alpha value is -0.660. The summed E-state index contributed by atoms with van der Waals surface area (Å²) in [5.74, 6) is 0.201. The number of hydrogen-bond acceptors (Lipinski definition) is 5. The Balaban J connectivity index is 2.05. The van der Waals surface area contributed by atoms with Crippen molar-refractivity contribution in [3.8, 4) is 0 Å². The number of likely N-dealkylation sites (N-methyl/N-ethyl adjacent to an activating group) is 1. The standard InChI is InChI=1S/C12H22N2O4S/c1-13-11-9-18-6-5-14(12(11)15)8-10-4-2-3-7-19(10,16)17/h10-11,13H,2-9H2,1H3. The predicted molar refractivity (Wildman–Crippen MR) is 71.7 cm³/mol. The minimum atomic E-state index is -3.04. The Morgan fingerprint density at radius 1 is 1.42 bits per heavy atom. The predicted octanol–water partition coefficient (Wildman–Crippen LogP) is -0.599. The molecule has 0 saturated carbocycles. The van der Waals surface area contributed by atoms with Gasteiger partial charge in [-0.25, -0.2) is 8.42 Å². The van der Waals surface area contributed by atoms with Gasteiger partial charge in [-0.2, -0.15) is 0 Å². The maximum absolute atomic E-state index is 12.2. The molecule has 0 aromatic rings. The zero-order chi connectivity index (χ0) is 13.9. The van der Waals surface area contributed by atoms with E-state index < -0.39 is 15.1 Å². The third kappa shape index (κ3) is 3.46. The van der Waals surface area contributed by atoms with Crippen molar-refractivity contribution in [2.45, 2.75) is 30.6 Å². The van der Waals surface area contributed by atoms with Crippen molar-refractivity contribution in [3.63, 3.8) is 0 Å². The van der Waals surface area contributed by atoms with Crippen molar-refractivity contribution in [3.05, 3.63) is 0 Å². The molecule has 0 aromatic heterocycles. The SMILES string of the molecule is CNC1COCCN(CC2CCCCS2(=O)=O)C1=O. The minimum Gasteiger partial charge on any atom is -0.377 e. The number of carbonyl (C=O) groups is 1. The quantitative estimate of drug-likeness (QED) is 0.751. The lowest BCUT2D eigenvalue weighted by Crippen LogP contribution is -2.49. The molecule has 2 heterocycles. The fourth-order valence-corrected chi connectivity index (χ4v) is 4.51. The average Bonchev–Trinajstić information content (AvgIpc) is 2.54. The fraction of sp³-hybridized carbons (Fsp3) is 0.917. The maximum Gasteiger partial charge on any atom is 0.242 e. The van der Waals surface area contributed by atoms with Gasteiger partial charge in [0.2, 0.25) is 5.91 Å². The van der Waals surface area contributed by atoms with Gasteiger partial charge < -0.3 is 15.0 Å². The second-order valence-electron chi connectivity index (χ2n) is 5.19. The van der Waals surface area contributed by atoms with E-state index in [9.17, 15) is 13.2 Å². The number of sulfone groups is 1. The molecular formula is C12H22N2O4S. The van der Waals surface area contributed by atoms with Crippen molar-refractivity contribution in [1.29, 1.82) is 0 Å². The monoisotopic (exact) mass is 290 g/mol. The van der Waals surface area contributed by atoms with Crippen molar-refractivity contribution < 1.29 is 17.9 Å². The number of ether oxygens (including phenoxy) is 1.